The Kier molecular flexibility index (Phi) is 11.5. The molecule has 17 heavy (non-hydrogen) atoms. The number of aliphatic hydroxyl groups excluding tert-OH is 1. The second-order valence-corrected chi connectivity index (χ2v) is 3.26. The van der Waals surface area contributed by atoms with Gasteiger partial charge in [0.15, 0.2) is 0 Å². The number of allylic oxidation sites excluding steroid dienone is 1. The van der Waals surface area contributed by atoms with E-state index in [1.54, 1.807) is 6.92 Å². The second-order valence-electron chi connectivity index (χ2n) is 3.26. The van der Waals surface area contributed by atoms with Gasteiger partial charge in [-0.15, -0.1) is 0 Å². The van der Waals surface area contributed by atoms with Crippen LogP contribution in [0.25, 0.3) is 0 Å². The van der Waals surface area contributed by atoms with Crippen LogP contribution in [-0.2, 0) is 14.3 Å². The van der Waals surface area contributed by atoms with Crippen LogP contribution in [0.1, 0.15) is 20.8 Å². The van der Waals surface area contributed by atoms with Gasteiger partial charge in [0.25, 0.3) is 0 Å². The minimum atomic E-state index is -1.44. The molecule has 0 spiro atoms. The molecule has 0 aliphatic rings. The number of ether oxygens (including phenoxy) is 1. The molecule has 0 aromatic rings. The van der Waals surface area contributed by atoms with Crippen molar-refractivity contribution in [2.75, 3.05) is 6.61 Å². The zero-order valence-electron chi connectivity index (χ0n) is 10.5. The van der Waals surface area contributed by atoms with Gasteiger partial charge < -0.3 is 25.1 Å². The number of carbonyl (C=O) groups excluding carboxylic acids is 2. The number of nitrogens with one attached hydrogen (secondary N) is 1. The molecule has 0 aliphatic carbocycles. The van der Waals surface area contributed by atoms with Crippen LogP contribution in [0.3, 0.4) is 0 Å². The molecule has 2 N–H and O–H groups in total. The fourth-order valence-corrected chi connectivity index (χ4v) is 1.02. The zero-order chi connectivity index (χ0) is 12.7. The summed E-state index contributed by atoms with van der Waals surface area (Å²) in [6, 6.07) is -1.26. The summed E-state index contributed by atoms with van der Waals surface area (Å²) in [5.74, 6) is -2.01. The van der Waals surface area contributed by atoms with E-state index in [1.807, 2.05) is 0 Å². The smallest absolute Gasteiger partial charge is 0.548 e. The van der Waals surface area contributed by atoms with Crippen LogP contribution in [0, 0.1) is 0 Å². The van der Waals surface area contributed by atoms with Crippen molar-refractivity contribution in [3.8, 4) is 0 Å². The molecular formula is C10H16KNO5. The number of aliphatic carboxylic acids is 1. The quantitative estimate of drug-likeness (QED) is 0.287. The van der Waals surface area contributed by atoms with Gasteiger partial charge in [0, 0.05) is 11.8 Å². The monoisotopic (exact) mass is 269 g/mol. The van der Waals surface area contributed by atoms with E-state index >= 15 is 0 Å². The van der Waals surface area contributed by atoms with Crippen LogP contribution < -0.4 is 61.8 Å². The number of carbonyl (C=O) groups is 2. The molecule has 0 amide bonds. The summed E-state index contributed by atoms with van der Waals surface area (Å²) in [5.41, 5.74) is 0.286. The van der Waals surface area contributed by atoms with Crippen LogP contribution in [-0.4, -0.2) is 35.8 Å². The molecule has 0 aromatic carbocycles. The molecule has 0 fully saturated rings. The topological polar surface area (TPSA) is 98.7 Å². The van der Waals surface area contributed by atoms with Crippen molar-refractivity contribution in [3.63, 3.8) is 0 Å². The summed E-state index contributed by atoms with van der Waals surface area (Å²) >= 11 is 0. The van der Waals surface area contributed by atoms with E-state index in [0.717, 1.165) is 6.08 Å². The molecule has 0 heterocycles. The van der Waals surface area contributed by atoms with Crippen molar-refractivity contribution < 1.29 is 75.9 Å². The second kappa shape index (κ2) is 10.0. The third kappa shape index (κ3) is 8.75. The molecule has 0 rings (SSSR count). The summed E-state index contributed by atoms with van der Waals surface area (Å²) in [6.07, 6.45) is -0.0162. The average Bonchev–Trinajstić information content (AvgIpc) is 2.13. The van der Waals surface area contributed by atoms with Gasteiger partial charge in [-0.25, -0.2) is 4.79 Å². The van der Waals surface area contributed by atoms with Crippen LogP contribution >= 0.6 is 0 Å². The Bertz CT molecular complexity index is 290. The van der Waals surface area contributed by atoms with E-state index in [0.29, 0.717) is 0 Å². The van der Waals surface area contributed by atoms with Crippen LogP contribution in [0.4, 0.5) is 0 Å². The predicted molar refractivity (Wildman–Crippen MR) is 54.0 cm³/mol. The molecular weight excluding hydrogens is 253 g/mol. The van der Waals surface area contributed by atoms with Gasteiger partial charge in [-0.05, 0) is 20.8 Å². The van der Waals surface area contributed by atoms with Crippen molar-refractivity contribution in [1.82, 2.24) is 5.32 Å². The largest absolute Gasteiger partial charge is 1.00 e. The summed E-state index contributed by atoms with van der Waals surface area (Å²) in [4.78, 5) is 21.6. The normalized spacial score (nSPS) is 14.2. The zero-order valence-corrected chi connectivity index (χ0v) is 13.6. The Morgan fingerprint density at radius 3 is 2.41 bits per heavy atom. The van der Waals surface area contributed by atoms with Gasteiger partial charge in [-0.3, -0.25) is 0 Å². The first-order valence-electron chi connectivity index (χ1n) is 4.89. The van der Waals surface area contributed by atoms with Crippen LogP contribution in [0.2, 0.25) is 0 Å². The molecule has 0 saturated heterocycles. The van der Waals surface area contributed by atoms with Crippen LogP contribution in [0.5, 0.6) is 0 Å². The fraction of sp³-hybridized carbons (Fsp3) is 0.600. The van der Waals surface area contributed by atoms with E-state index in [-0.39, 0.29) is 63.7 Å². The van der Waals surface area contributed by atoms with E-state index in [1.165, 1.54) is 13.8 Å². The molecule has 6 nitrogen and oxygen atoms in total. The SMILES string of the molecule is CCOC(=O)/C=C(\C)NC(C(=O)[O-])C(C)O.[K+]. The van der Waals surface area contributed by atoms with E-state index in [9.17, 15) is 14.7 Å². The third-order valence-electron chi connectivity index (χ3n) is 1.74. The van der Waals surface area contributed by atoms with Gasteiger partial charge in [-0.1, -0.05) is 0 Å². The van der Waals surface area contributed by atoms with Crippen molar-refractivity contribution in [2.45, 2.75) is 32.9 Å². The summed E-state index contributed by atoms with van der Waals surface area (Å²) < 4.78 is 4.63. The predicted octanol–water partition coefficient (Wildman–Crippen LogP) is -4.45. The molecule has 2 unspecified atom stereocenters. The van der Waals surface area contributed by atoms with Crippen molar-refractivity contribution in [2.24, 2.45) is 0 Å². The first-order chi connectivity index (χ1) is 7.38. The van der Waals surface area contributed by atoms with Crippen LogP contribution in [0.15, 0.2) is 11.8 Å². The first kappa shape index (κ1) is 19.4. The van der Waals surface area contributed by atoms with Gasteiger partial charge in [0.05, 0.1) is 24.7 Å². The number of carboxylic acids is 1. The molecule has 0 aliphatic heterocycles. The van der Waals surface area contributed by atoms with E-state index < -0.39 is 24.1 Å². The van der Waals surface area contributed by atoms with E-state index in [4.69, 9.17) is 5.11 Å². The maximum atomic E-state index is 11.0. The molecule has 0 radical (unpaired) electrons. The average molecular weight is 269 g/mol. The number of aliphatic hydroxyl groups is 1. The van der Waals surface area contributed by atoms with E-state index in [2.05, 4.69) is 10.1 Å². The molecule has 2 atom stereocenters. The van der Waals surface area contributed by atoms with Crippen molar-refractivity contribution in [1.29, 1.82) is 0 Å². The molecule has 0 saturated carbocycles. The van der Waals surface area contributed by atoms with Gasteiger partial charge in [0.2, 0.25) is 0 Å². The van der Waals surface area contributed by atoms with Gasteiger partial charge in [0.1, 0.15) is 0 Å². The molecule has 92 valence electrons. The summed E-state index contributed by atoms with van der Waals surface area (Å²) in [6.45, 7) is 4.71. The Morgan fingerprint density at radius 2 is 2.06 bits per heavy atom. The number of esters is 1. The maximum absolute atomic E-state index is 11.0. The molecule has 0 bridgehead atoms. The fourth-order valence-electron chi connectivity index (χ4n) is 1.02. The van der Waals surface area contributed by atoms with Gasteiger partial charge >= 0.3 is 57.4 Å². The van der Waals surface area contributed by atoms with Gasteiger partial charge in [-0.2, -0.15) is 0 Å². The number of hydrogen-bond donors (Lipinski definition) is 2. The molecule has 0 aromatic heterocycles. The third-order valence-corrected chi connectivity index (χ3v) is 1.74. The standard InChI is InChI=1S/C10H17NO5.K/c1-4-16-8(13)5-6(2)11-9(7(3)12)10(14)15;/h5,7,9,11-12H,4H2,1-3H3,(H,14,15);/q;+1/p-1/b6-5+;. The summed E-state index contributed by atoms with van der Waals surface area (Å²) in [7, 11) is 0. The number of carboxylic acid groups (broad SMARTS) is 1. The Labute approximate surface area is 143 Å². The molecule has 7 heteroatoms. The number of rotatable bonds is 6. The maximum Gasteiger partial charge on any atom is 1.00 e. The minimum absolute atomic E-state index is 0. The minimum Gasteiger partial charge on any atom is -0.548 e. The number of hydrogen-bond acceptors (Lipinski definition) is 6. The Hall–Kier alpha value is 0.0764. The van der Waals surface area contributed by atoms with Crippen molar-refractivity contribution in [3.05, 3.63) is 11.8 Å². The first-order valence-corrected chi connectivity index (χ1v) is 4.89. The Balaban J connectivity index is 0. The Morgan fingerprint density at radius 1 is 1.53 bits per heavy atom. The van der Waals surface area contributed by atoms with Crippen molar-refractivity contribution >= 4 is 11.9 Å². The summed E-state index contributed by atoms with van der Waals surface area (Å²) in [5, 5.41) is 22.2.